The number of ether oxygens (including phenoxy) is 1. The van der Waals surface area contributed by atoms with Gasteiger partial charge in [-0.25, -0.2) is 4.79 Å². The van der Waals surface area contributed by atoms with Crippen molar-refractivity contribution in [2.45, 2.75) is 44.9 Å². The predicted molar refractivity (Wildman–Crippen MR) is 100 cm³/mol. The van der Waals surface area contributed by atoms with Crippen LogP contribution in [0.25, 0.3) is 0 Å². The summed E-state index contributed by atoms with van der Waals surface area (Å²) in [4.78, 5) is 49.4. The van der Waals surface area contributed by atoms with Crippen LogP contribution in [0.4, 0.5) is 4.79 Å². The van der Waals surface area contributed by atoms with Crippen LogP contribution < -0.4 is 10.6 Å². The lowest BCUT2D eigenvalue weighted by molar-refractivity contribution is -0.145. The van der Waals surface area contributed by atoms with Crippen LogP contribution in [0.1, 0.15) is 27.2 Å². The minimum Gasteiger partial charge on any atom is -0.444 e. The molecule has 2 rings (SSSR count). The van der Waals surface area contributed by atoms with E-state index in [9.17, 15) is 19.2 Å². The van der Waals surface area contributed by atoms with Crippen molar-refractivity contribution in [1.29, 1.82) is 0 Å². The second-order valence-corrected chi connectivity index (χ2v) is 9.51. The second kappa shape index (κ2) is 8.81. The fourth-order valence-electron chi connectivity index (χ4n) is 2.39. The molecule has 4 amide bonds. The topological polar surface area (TPSA) is 105 Å². The van der Waals surface area contributed by atoms with Crippen LogP contribution in [0, 0.1) is 0 Å². The summed E-state index contributed by atoms with van der Waals surface area (Å²) in [6.45, 7) is 4.93. The van der Waals surface area contributed by atoms with Gasteiger partial charge in [-0.15, -0.1) is 0 Å². The number of imide groups is 1. The molecule has 26 heavy (non-hydrogen) atoms. The quantitative estimate of drug-likeness (QED) is 0.524. The number of hydrogen-bond donors (Lipinski definition) is 2. The molecule has 2 N–H and O–H groups in total. The van der Waals surface area contributed by atoms with Gasteiger partial charge in [-0.3, -0.25) is 19.3 Å². The van der Waals surface area contributed by atoms with Crippen LogP contribution in [0.3, 0.4) is 0 Å². The standard InChI is InChI=1S/C16H23N3O5S2/c1-16(2,3)24-15(23)17-8-11(19-12(20)4-5-13(19)21)14(22)18-10-6-7-25-26-9-10/h4-5,10-11H,6-9H2,1-3H3,(H,17,23)(H,18,22)/t10-,11?/m0/s1. The van der Waals surface area contributed by atoms with Crippen LogP contribution in [-0.2, 0) is 19.1 Å². The minimum atomic E-state index is -1.13. The van der Waals surface area contributed by atoms with Gasteiger partial charge in [-0.1, -0.05) is 21.6 Å². The van der Waals surface area contributed by atoms with Gasteiger partial charge in [0.05, 0.1) is 6.54 Å². The van der Waals surface area contributed by atoms with Crippen molar-refractivity contribution in [3.63, 3.8) is 0 Å². The van der Waals surface area contributed by atoms with Gasteiger partial charge in [-0.05, 0) is 27.2 Å². The maximum Gasteiger partial charge on any atom is 0.407 e. The summed E-state index contributed by atoms with van der Waals surface area (Å²) in [5.41, 5.74) is -0.695. The Morgan fingerprint density at radius 2 is 1.92 bits per heavy atom. The Labute approximate surface area is 160 Å². The number of nitrogens with one attached hydrogen (secondary N) is 2. The molecule has 0 bridgehead atoms. The molecule has 1 saturated heterocycles. The molecule has 2 atom stereocenters. The van der Waals surface area contributed by atoms with Crippen molar-refractivity contribution in [2.24, 2.45) is 0 Å². The van der Waals surface area contributed by atoms with Gasteiger partial charge >= 0.3 is 6.09 Å². The third kappa shape index (κ3) is 5.94. The van der Waals surface area contributed by atoms with E-state index < -0.39 is 35.5 Å². The van der Waals surface area contributed by atoms with Crippen LogP contribution in [0.2, 0.25) is 0 Å². The summed E-state index contributed by atoms with van der Waals surface area (Å²) >= 11 is 0. The molecular formula is C16H23N3O5S2. The monoisotopic (exact) mass is 401 g/mol. The zero-order valence-corrected chi connectivity index (χ0v) is 16.6. The summed E-state index contributed by atoms with van der Waals surface area (Å²) in [7, 11) is 3.41. The van der Waals surface area contributed by atoms with Crippen LogP contribution in [-0.4, -0.2) is 64.4 Å². The number of carbonyl (C=O) groups excluding carboxylic acids is 4. The Kier molecular flexibility index (Phi) is 6.99. The third-order valence-electron chi connectivity index (χ3n) is 3.54. The Morgan fingerprint density at radius 1 is 1.27 bits per heavy atom. The second-order valence-electron chi connectivity index (χ2n) is 6.88. The largest absolute Gasteiger partial charge is 0.444 e. The highest BCUT2D eigenvalue weighted by Gasteiger charge is 2.37. The molecule has 8 nitrogen and oxygen atoms in total. The third-order valence-corrected chi connectivity index (χ3v) is 6.06. The summed E-state index contributed by atoms with van der Waals surface area (Å²) in [6.07, 6.45) is 2.33. The molecule has 1 fully saturated rings. The molecular weight excluding hydrogens is 378 g/mol. The molecule has 0 radical (unpaired) electrons. The molecule has 2 heterocycles. The fraction of sp³-hybridized carbons (Fsp3) is 0.625. The van der Waals surface area contributed by atoms with E-state index in [-0.39, 0.29) is 12.6 Å². The molecule has 0 aromatic carbocycles. The Morgan fingerprint density at radius 3 is 2.46 bits per heavy atom. The summed E-state index contributed by atoms with van der Waals surface area (Å²) in [6, 6.07) is -1.16. The first-order valence-electron chi connectivity index (χ1n) is 8.24. The minimum absolute atomic E-state index is 0.0291. The van der Waals surface area contributed by atoms with E-state index in [4.69, 9.17) is 4.74 Å². The van der Waals surface area contributed by atoms with E-state index in [0.29, 0.717) is 0 Å². The van der Waals surface area contributed by atoms with Gasteiger partial charge in [0.15, 0.2) is 0 Å². The van der Waals surface area contributed by atoms with E-state index >= 15 is 0 Å². The van der Waals surface area contributed by atoms with E-state index in [1.807, 2.05) is 0 Å². The van der Waals surface area contributed by atoms with Crippen LogP contribution in [0.15, 0.2) is 12.2 Å². The maximum absolute atomic E-state index is 12.7. The van der Waals surface area contributed by atoms with Crippen molar-refractivity contribution in [3.05, 3.63) is 12.2 Å². The first kappa shape index (κ1) is 20.6. The van der Waals surface area contributed by atoms with E-state index in [1.54, 1.807) is 42.4 Å². The number of carbonyl (C=O) groups is 4. The molecule has 0 saturated carbocycles. The summed E-state index contributed by atoms with van der Waals surface area (Å²) < 4.78 is 5.14. The first-order chi connectivity index (χ1) is 12.2. The van der Waals surface area contributed by atoms with E-state index in [1.165, 1.54) is 0 Å². The molecule has 0 aromatic heterocycles. The highest BCUT2D eigenvalue weighted by molar-refractivity contribution is 8.76. The molecule has 10 heteroatoms. The number of amides is 4. The van der Waals surface area contributed by atoms with Crippen molar-refractivity contribution in [2.75, 3.05) is 18.1 Å². The molecule has 0 aromatic rings. The maximum atomic E-state index is 12.7. The number of hydrogen-bond acceptors (Lipinski definition) is 7. The molecule has 144 valence electrons. The molecule has 0 spiro atoms. The average molecular weight is 402 g/mol. The van der Waals surface area contributed by atoms with Gasteiger partial charge in [0.2, 0.25) is 5.91 Å². The smallest absolute Gasteiger partial charge is 0.407 e. The Balaban J connectivity index is 2.03. The van der Waals surface area contributed by atoms with Gasteiger partial charge in [-0.2, -0.15) is 0 Å². The van der Waals surface area contributed by atoms with Gasteiger partial charge in [0.25, 0.3) is 11.8 Å². The van der Waals surface area contributed by atoms with Gasteiger partial charge in [0, 0.05) is 29.7 Å². The first-order valence-corrected chi connectivity index (χ1v) is 10.7. The SMILES string of the molecule is CC(C)(C)OC(=O)NCC(C(=O)N[C@H]1CCSSC1)N1C(=O)C=CC1=O. The van der Waals surface area contributed by atoms with Crippen molar-refractivity contribution in [1.82, 2.24) is 15.5 Å². The number of nitrogens with zero attached hydrogens (tertiary/aromatic N) is 1. The lowest BCUT2D eigenvalue weighted by Crippen LogP contribution is -2.57. The number of rotatable bonds is 5. The molecule has 2 aliphatic heterocycles. The average Bonchev–Trinajstić information content (AvgIpc) is 2.86. The number of alkyl carbamates (subject to hydrolysis) is 1. The molecule has 1 unspecified atom stereocenters. The predicted octanol–water partition coefficient (Wildman–Crippen LogP) is 1.07. The fourth-order valence-corrected chi connectivity index (χ4v) is 4.82. The summed E-state index contributed by atoms with van der Waals surface area (Å²) in [5, 5.41) is 5.34. The van der Waals surface area contributed by atoms with E-state index in [2.05, 4.69) is 10.6 Å². The highest BCUT2D eigenvalue weighted by Crippen LogP contribution is 2.29. The zero-order valence-electron chi connectivity index (χ0n) is 14.9. The lowest BCUT2D eigenvalue weighted by Gasteiger charge is -2.29. The van der Waals surface area contributed by atoms with Crippen molar-refractivity contribution >= 4 is 45.4 Å². The summed E-state index contributed by atoms with van der Waals surface area (Å²) in [5.74, 6) is 0.0517. The van der Waals surface area contributed by atoms with Crippen LogP contribution in [0.5, 0.6) is 0 Å². The van der Waals surface area contributed by atoms with Gasteiger partial charge in [0.1, 0.15) is 11.6 Å². The van der Waals surface area contributed by atoms with Crippen LogP contribution >= 0.6 is 21.6 Å². The molecule has 0 aliphatic carbocycles. The van der Waals surface area contributed by atoms with Crippen molar-refractivity contribution in [3.8, 4) is 0 Å². The van der Waals surface area contributed by atoms with Gasteiger partial charge < -0.3 is 15.4 Å². The lowest BCUT2D eigenvalue weighted by atomic mass is 10.2. The Hall–Kier alpha value is -1.68. The normalized spacial score (nSPS) is 21.5. The molecule has 2 aliphatic rings. The van der Waals surface area contributed by atoms with Crippen molar-refractivity contribution < 1.29 is 23.9 Å². The highest BCUT2D eigenvalue weighted by atomic mass is 33.1. The van der Waals surface area contributed by atoms with E-state index in [0.717, 1.165) is 35.0 Å². The zero-order chi connectivity index (χ0) is 19.3. The Bertz CT molecular complexity index is 593.